The molecule has 0 spiro atoms. The van der Waals surface area contributed by atoms with E-state index in [4.69, 9.17) is 23.2 Å². The van der Waals surface area contributed by atoms with Gasteiger partial charge in [0.25, 0.3) is 5.91 Å². The lowest BCUT2D eigenvalue weighted by Crippen LogP contribution is -2.19. The minimum Gasteiger partial charge on any atom is -0.300 e. The van der Waals surface area contributed by atoms with Gasteiger partial charge in [-0.15, -0.1) is 0 Å². The molecule has 0 aromatic heterocycles. The van der Waals surface area contributed by atoms with Crippen LogP contribution in [0.1, 0.15) is 5.56 Å². The van der Waals surface area contributed by atoms with Crippen molar-refractivity contribution in [3.05, 3.63) is 68.8 Å². The van der Waals surface area contributed by atoms with Crippen LogP contribution in [0.3, 0.4) is 0 Å². The van der Waals surface area contributed by atoms with Gasteiger partial charge in [-0.05, 0) is 53.7 Å². The summed E-state index contributed by atoms with van der Waals surface area (Å²) in [6, 6.07) is 10.9. The molecule has 23 heavy (non-hydrogen) atoms. The Labute approximate surface area is 146 Å². The quantitative estimate of drug-likeness (QED) is 0.757. The van der Waals surface area contributed by atoms with Crippen LogP contribution in [-0.4, -0.2) is 11.1 Å². The Balaban J connectivity index is 1.86. The summed E-state index contributed by atoms with van der Waals surface area (Å²) in [6.45, 7) is 0. The molecule has 0 bridgehead atoms. The van der Waals surface area contributed by atoms with Crippen LogP contribution >= 0.6 is 35.0 Å². The van der Waals surface area contributed by atoms with E-state index in [2.05, 4.69) is 10.3 Å². The van der Waals surface area contributed by atoms with Crippen LogP contribution in [-0.2, 0) is 4.79 Å². The molecule has 1 N–H and O–H groups in total. The number of benzene rings is 2. The minimum absolute atomic E-state index is 0.286. The van der Waals surface area contributed by atoms with E-state index in [1.807, 2.05) is 0 Å². The number of hydrogen-bond acceptors (Lipinski definition) is 3. The summed E-state index contributed by atoms with van der Waals surface area (Å²) in [4.78, 5) is 16.7. The van der Waals surface area contributed by atoms with E-state index in [-0.39, 0.29) is 11.7 Å². The smallest absolute Gasteiger partial charge is 0.264 e. The zero-order valence-electron chi connectivity index (χ0n) is 11.5. The first-order chi connectivity index (χ1) is 11.0. The zero-order chi connectivity index (χ0) is 16.4. The average molecular weight is 367 g/mol. The van der Waals surface area contributed by atoms with Gasteiger partial charge in [0, 0.05) is 10.0 Å². The lowest BCUT2D eigenvalue weighted by molar-refractivity contribution is -0.115. The van der Waals surface area contributed by atoms with Gasteiger partial charge in [-0.2, -0.15) is 0 Å². The summed E-state index contributed by atoms with van der Waals surface area (Å²) < 4.78 is 13.2. The van der Waals surface area contributed by atoms with Gasteiger partial charge in [0.1, 0.15) is 5.82 Å². The van der Waals surface area contributed by atoms with Crippen LogP contribution in [0.2, 0.25) is 10.0 Å². The molecule has 0 aliphatic carbocycles. The predicted molar refractivity (Wildman–Crippen MR) is 93.7 cm³/mol. The maximum atomic E-state index is 13.2. The number of hydrogen-bond donors (Lipinski definition) is 1. The molecule has 0 unspecified atom stereocenters. The molecular formula is C16H9Cl2FN2OS. The second kappa shape index (κ2) is 6.74. The Kier molecular flexibility index (Phi) is 4.71. The Hall–Kier alpha value is -1.82. The highest BCUT2D eigenvalue weighted by Gasteiger charge is 2.23. The van der Waals surface area contributed by atoms with E-state index in [1.54, 1.807) is 36.4 Å². The SMILES string of the molecule is O=C1NC(=Nc2cc(Cl)cc(Cl)c2)SC1=Cc1cccc(F)c1. The zero-order valence-corrected chi connectivity index (χ0v) is 13.8. The Bertz CT molecular complexity index is 831. The van der Waals surface area contributed by atoms with Crippen molar-refractivity contribution in [2.24, 2.45) is 4.99 Å². The summed E-state index contributed by atoms with van der Waals surface area (Å²) in [5.41, 5.74) is 1.15. The van der Waals surface area contributed by atoms with E-state index < -0.39 is 0 Å². The van der Waals surface area contributed by atoms with Crippen LogP contribution in [0.5, 0.6) is 0 Å². The molecule has 1 saturated heterocycles. The number of halogens is 3. The summed E-state index contributed by atoms with van der Waals surface area (Å²) in [6.07, 6.45) is 1.61. The van der Waals surface area contributed by atoms with Crippen molar-refractivity contribution < 1.29 is 9.18 Å². The fraction of sp³-hybridized carbons (Fsp3) is 0. The molecule has 1 aliphatic rings. The van der Waals surface area contributed by atoms with Crippen LogP contribution in [0.25, 0.3) is 6.08 Å². The number of nitrogens with zero attached hydrogens (tertiary/aromatic N) is 1. The van der Waals surface area contributed by atoms with Gasteiger partial charge < -0.3 is 5.32 Å². The van der Waals surface area contributed by atoms with Crippen molar-refractivity contribution in [1.29, 1.82) is 0 Å². The molecule has 1 heterocycles. The fourth-order valence-corrected chi connectivity index (χ4v) is 3.31. The average Bonchev–Trinajstić information content (AvgIpc) is 2.77. The first-order valence-electron chi connectivity index (χ1n) is 6.51. The molecule has 1 fully saturated rings. The molecule has 116 valence electrons. The van der Waals surface area contributed by atoms with E-state index in [1.165, 1.54) is 23.9 Å². The van der Waals surface area contributed by atoms with Crippen LogP contribution in [0.4, 0.5) is 10.1 Å². The molecule has 3 nitrogen and oxygen atoms in total. The van der Waals surface area contributed by atoms with Crippen LogP contribution in [0.15, 0.2) is 52.4 Å². The van der Waals surface area contributed by atoms with Gasteiger partial charge in [0.2, 0.25) is 0 Å². The van der Waals surface area contributed by atoms with Crippen LogP contribution < -0.4 is 5.32 Å². The third-order valence-corrected chi connectivity index (χ3v) is 4.22. The summed E-state index contributed by atoms with van der Waals surface area (Å²) in [7, 11) is 0. The second-order valence-electron chi connectivity index (χ2n) is 4.66. The Morgan fingerprint density at radius 2 is 1.87 bits per heavy atom. The largest absolute Gasteiger partial charge is 0.300 e. The highest BCUT2D eigenvalue weighted by atomic mass is 35.5. The maximum Gasteiger partial charge on any atom is 0.264 e. The van der Waals surface area contributed by atoms with Crippen molar-refractivity contribution in [3.63, 3.8) is 0 Å². The molecule has 3 rings (SSSR count). The van der Waals surface area contributed by atoms with E-state index in [9.17, 15) is 9.18 Å². The number of carbonyl (C=O) groups excluding carboxylic acids is 1. The molecule has 0 saturated carbocycles. The minimum atomic E-state index is -0.356. The van der Waals surface area contributed by atoms with E-state index >= 15 is 0 Å². The number of amides is 1. The molecule has 2 aromatic rings. The maximum absolute atomic E-state index is 13.2. The third kappa shape index (κ3) is 4.13. The van der Waals surface area contributed by atoms with Gasteiger partial charge >= 0.3 is 0 Å². The number of amidine groups is 1. The molecule has 0 atom stereocenters. The lowest BCUT2D eigenvalue weighted by atomic mass is 10.2. The molecule has 0 radical (unpaired) electrons. The van der Waals surface area contributed by atoms with Gasteiger partial charge in [0.05, 0.1) is 10.6 Å². The summed E-state index contributed by atoms with van der Waals surface area (Å²) in [5.74, 6) is -0.642. The molecular weight excluding hydrogens is 358 g/mol. The number of thioether (sulfide) groups is 1. The van der Waals surface area contributed by atoms with Crippen molar-refractivity contribution in [2.75, 3.05) is 0 Å². The molecule has 1 aliphatic heterocycles. The Morgan fingerprint density at radius 1 is 1.13 bits per heavy atom. The first kappa shape index (κ1) is 16.1. The van der Waals surface area contributed by atoms with Crippen molar-refractivity contribution in [1.82, 2.24) is 5.32 Å². The number of carbonyl (C=O) groups is 1. The number of nitrogens with one attached hydrogen (secondary N) is 1. The monoisotopic (exact) mass is 366 g/mol. The standard InChI is InChI=1S/C16H9Cl2FN2OS/c17-10-6-11(18)8-13(7-10)20-16-21-15(22)14(23-16)5-9-2-1-3-12(19)4-9/h1-8H,(H,20,21,22). The van der Waals surface area contributed by atoms with Gasteiger partial charge in [-0.25, -0.2) is 9.38 Å². The Morgan fingerprint density at radius 3 is 2.57 bits per heavy atom. The molecule has 2 aromatic carbocycles. The number of rotatable bonds is 2. The first-order valence-corrected chi connectivity index (χ1v) is 8.08. The highest BCUT2D eigenvalue weighted by molar-refractivity contribution is 8.18. The topological polar surface area (TPSA) is 41.5 Å². The lowest BCUT2D eigenvalue weighted by Gasteiger charge is -1.98. The van der Waals surface area contributed by atoms with E-state index in [0.29, 0.717) is 31.4 Å². The third-order valence-electron chi connectivity index (χ3n) is 2.88. The van der Waals surface area contributed by atoms with Crippen LogP contribution in [0, 0.1) is 5.82 Å². The highest BCUT2D eigenvalue weighted by Crippen LogP contribution is 2.30. The van der Waals surface area contributed by atoms with Crippen molar-refractivity contribution in [2.45, 2.75) is 0 Å². The second-order valence-corrected chi connectivity index (χ2v) is 6.57. The predicted octanol–water partition coefficient (Wildman–Crippen LogP) is 5.02. The number of aliphatic imine (C=N–C) groups is 1. The van der Waals surface area contributed by atoms with Gasteiger partial charge in [-0.1, -0.05) is 35.3 Å². The molecule has 1 amide bonds. The summed E-state index contributed by atoms with van der Waals surface area (Å²) in [5, 5.41) is 3.98. The summed E-state index contributed by atoms with van der Waals surface area (Å²) >= 11 is 13.0. The van der Waals surface area contributed by atoms with E-state index in [0.717, 1.165) is 0 Å². The van der Waals surface area contributed by atoms with Gasteiger partial charge in [-0.3, -0.25) is 4.79 Å². The van der Waals surface area contributed by atoms with Gasteiger partial charge in [0.15, 0.2) is 5.17 Å². The molecule has 7 heteroatoms. The normalized spacial score (nSPS) is 17.8. The van der Waals surface area contributed by atoms with Crippen molar-refractivity contribution in [3.8, 4) is 0 Å². The van der Waals surface area contributed by atoms with Crippen molar-refractivity contribution >= 4 is 57.8 Å². The fourth-order valence-electron chi connectivity index (χ4n) is 1.95.